The van der Waals surface area contributed by atoms with Gasteiger partial charge in [-0.2, -0.15) is 0 Å². The number of ether oxygens (including phenoxy) is 1. The summed E-state index contributed by atoms with van der Waals surface area (Å²) in [7, 11) is 1.73. The topological polar surface area (TPSA) is 9.23 Å². The minimum Gasteiger partial charge on any atom is -0.496 e. The van der Waals surface area contributed by atoms with E-state index in [0.29, 0.717) is 0 Å². The molecule has 0 atom stereocenters. The second-order valence-electron chi connectivity index (χ2n) is 5.36. The molecule has 0 aliphatic heterocycles. The van der Waals surface area contributed by atoms with Gasteiger partial charge in [0.15, 0.2) is 0 Å². The van der Waals surface area contributed by atoms with Gasteiger partial charge in [0.1, 0.15) is 5.75 Å². The highest BCUT2D eigenvalue weighted by atomic mass is 16.5. The van der Waals surface area contributed by atoms with Gasteiger partial charge in [0.2, 0.25) is 0 Å². The second kappa shape index (κ2) is 5.08. The number of benzene rings is 2. The zero-order valence-electron chi connectivity index (χ0n) is 12.7. The molecule has 19 heavy (non-hydrogen) atoms. The van der Waals surface area contributed by atoms with Crippen molar-refractivity contribution in [3.05, 3.63) is 52.1 Å². The third-order valence-electron chi connectivity index (χ3n) is 3.77. The van der Waals surface area contributed by atoms with Crippen molar-refractivity contribution < 1.29 is 4.74 Å². The van der Waals surface area contributed by atoms with Crippen LogP contribution in [0.1, 0.15) is 27.8 Å². The Labute approximate surface area is 116 Å². The zero-order chi connectivity index (χ0) is 14.2. The highest BCUT2D eigenvalue weighted by molar-refractivity contribution is 5.78. The lowest BCUT2D eigenvalue weighted by atomic mass is 9.88. The van der Waals surface area contributed by atoms with Crippen LogP contribution in [0.4, 0.5) is 0 Å². The van der Waals surface area contributed by atoms with Gasteiger partial charge in [-0.25, -0.2) is 0 Å². The van der Waals surface area contributed by atoms with E-state index in [0.717, 1.165) is 5.75 Å². The molecule has 0 fully saturated rings. The molecule has 0 radical (unpaired) electrons. The van der Waals surface area contributed by atoms with Crippen molar-refractivity contribution in [2.75, 3.05) is 7.11 Å². The van der Waals surface area contributed by atoms with E-state index in [-0.39, 0.29) is 0 Å². The lowest BCUT2D eigenvalue weighted by molar-refractivity contribution is 0.412. The molecule has 0 aliphatic carbocycles. The van der Waals surface area contributed by atoms with E-state index < -0.39 is 0 Å². The number of methoxy groups -OCH3 is 1. The summed E-state index contributed by atoms with van der Waals surface area (Å²) in [4.78, 5) is 0. The summed E-state index contributed by atoms with van der Waals surface area (Å²) < 4.78 is 5.47. The molecule has 0 unspecified atom stereocenters. The van der Waals surface area contributed by atoms with Crippen molar-refractivity contribution in [3.63, 3.8) is 0 Å². The first-order valence-electron chi connectivity index (χ1n) is 6.68. The summed E-state index contributed by atoms with van der Waals surface area (Å²) in [6.45, 7) is 10.8. The van der Waals surface area contributed by atoms with Crippen LogP contribution in [0.25, 0.3) is 11.1 Å². The van der Waals surface area contributed by atoms with Crippen molar-refractivity contribution in [3.8, 4) is 16.9 Å². The first-order valence-corrected chi connectivity index (χ1v) is 6.68. The summed E-state index contributed by atoms with van der Waals surface area (Å²) in [5.74, 6) is 0.958. The average Bonchev–Trinajstić information content (AvgIpc) is 2.32. The predicted molar refractivity (Wildman–Crippen MR) is 82.1 cm³/mol. The molecule has 1 heteroatoms. The molecule has 0 bridgehead atoms. The molecule has 0 aliphatic rings. The van der Waals surface area contributed by atoms with E-state index in [1.807, 2.05) is 6.07 Å². The smallest absolute Gasteiger partial charge is 0.122 e. The predicted octanol–water partition coefficient (Wildman–Crippen LogP) is 4.90. The van der Waals surface area contributed by atoms with Crippen molar-refractivity contribution >= 4 is 0 Å². The van der Waals surface area contributed by atoms with Crippen LogP contribution in [0.5, 0.6) is 5.75 Å². The second-order valence-corrected chi connectivity index (χ2v) is 5.36. The Bertz CT molecular complexity index is 601. The van der Waals surface area contributed by atoms with E-state index in [1.165, 1.54) is 38.9 Å². The Hall–Kier alpha value is -1.76. The van der Waals surface area contributed by atoms with E-state index in [9.17, 15) is 0 Å². The van der Waals surface area contributed by atoms with Crippen LogP contribution in [-0.2, 0) is 0 Å². The van der Waals surface area contributed by atoms with Gasteiger partial charge in [-0.15, -0.1) is 0 Å². The molecule has 2 aromatic rings. The molecule has 2 aromatic carbocycles. The fourth-order valence-electron chi connectivity index (χ4n) is 3.01. The summed E-state index contributed by atoms with van der Waals surface area (Å²) >= 11 is 0. The molecular formula is C18H22O. The van der Waals surface area contributed by atoms with Crippen LogP contribution >= 0.6 is 0 Å². The SMILES string of the molecule is COc1ccc(C)c(-c2c(C)cc(C)cc2C)c1C. The van der Waals surface area contributed by atoms with Gasteiger partial charge in [0.05, 0.1) is 7.11 Å². The Kier molecular flexibility index (Phi) is 3.66. The molecule has 0 amide bonds. The minimum absolute atomic E-state index is 0.958. The van der Waals surface area contributed by atoms with E-state index in [2.05, 4.69) is 52.8 Å². The standard InChI is InChI=1S/C18H22O/c1-11-9-13(3)17(14(4)10-11)18-12(2)7-8-16(19-6)15(18)5/h7-10H,1-6H3. The molecule has 0 heterocycles. The highest BCUT2D eigenvalue weighted by Crippen LogP contribution is 2.37. The lowest BCUT2D eigenvalue weighted by Crippen LogP contribution is -1.97. The van der Waals surface area contributed by atoms with Crippen molar-refractivity contribution in [2.24, 2.45) is 0 Å². The summed E-state index contributed by atoms with van der Waals surface area (Å²) in [6, 6.07) is 8.69. The third kappa shape index (κ3) is 2.37. The van der Waals surface area contributed by atoms with Gasteiger partial charge in [-0.3, -0.25) is 0 Å². The molecule has 0 aromatic heterocycles. The normalized spacial score (nSPS) is 10.6. The van der Waals surface area contributed by atoms with Crippen LogP contribution < -0.4 is 4.74 Å². The Morgan fingerprint density at radius 2 is 1.32 bits per heavy atom. The van der Waals surface area contributed by atoms with Crippen LogP contribution in [0.3, 0.4) is 0 Å². The monoisotopic (exact) mass is 254 g/mol. The first kappa shape index (κ1) is 13.7. The van der Waals surface area contributed by atoms with Gasteiger partial charge in [0, 0.05) is 0 Å². The maximum atomic E-state index is 5.47. The van der Waals surface area contributed by atoms with Crippen LogP contribution in [0.15, 0.2) is 24.3 Å². The Morgan fingerprint density at radius 1 is 0.737 bits per heavy atom. The molecule has 100 valence electrons. The molecule has 1 nitrogen and oxygen atoms in total. The molecule has 0 saturated heterocycles. The third-order valence-corrected chi connectivity index (χ3v) is 3.77. The van der Waals surface area contributed by atoms with Crippen molar-refractivity contribution in [2.45, 2.75) is 34.6 Å². The van der Waals surface area contributed by atoms with Crippen molar-refractivity contribution in [1.29, 1.82) is 0 Å². The van der Waals surface area contributed by atoms with Crippen molar-refractivity contribution in [1.82, 2.24) is 0 Å². The largest absolute Gasteiger partial charge is 0.496 e. The quantitative estimate of drug-likeness (QED) is 0.740. The van der Waals surface area contributed by atoms with E-state index in [4.69, 9.17) is 4.74 Å². The zero-order valence-corrected chi connectivity index (χ0v) is 12.7. The van der Waals surface area contributed by atoms with Crippen LogP contribution in [-0.4, -0.2) is 7.11 Å². The number of rotatable bonds is 2. The first-order chi connectivity index (χ1) is 8.95. The fourth-order valence-corrected chi connectivity index (χ4v) is 3.01. The fraction of sp³-hybridized carbons (Fsp3) is 0.333. The van der Waals surface area contributed by atoms with E-state index in [1.54, 1.807) is 7.11 Å². The van der Waals surface area contributed by atoms with Gasteiger partial charge in [-0.05, 0) is 74.1 Å². The minimum atomic E-state index is 0.958. The van der Waals surface area contributed by atoms with Gasteiger partial charge >= 0.3 is 0 Å². The van der Waals surface area contributed by atoms with Crippen LogP contribution in [0.2, 0.25) is 0 Å². The Morgan fingerprint density at radius 3 is 1.84 bits per heavy atom. The molecule has 2 rings (SSSR count). The highest BCUT2D eigenvalue weighted by Gasteiger charge is 2.14. The van der Waals surface area contributed by atoms with Gasteiger partial charge in [-0.1, -0.05) is 23.8 Å². The van der Waals surface area contributed by atoms with E-state index >= 15 is 0 Å². The molecular weight excluding hydrogens is 232 g/mol. The summed E-state index contributed by atoms with van der Waals surface area (Å²) in [5.41, 5.74) is 9.16. The lowest BCUT2D eigenvalue weighted by Gasteiger charge is -2.18. The van der Waals surface area contributed by atoms with Gasteiger partial charge < -0.3 is 4.74 Å². The molecule has 0 N–H and O–H groups in total. The number of hydrogen-bond acceptors (Lipinski definition) is 1. The van der Waals surface area contributed by atoms with Gasteiger partial charge in [0.25, 0.3) is 0 Å². The number of hydrogen-bond donors (Lipinski definition) is 0. The van der Waals surface area contributed by atoms with Crippen LogP contribution in [0, 0.1) is 34.6 Å². The summed E-state index contributed by atoms with van der Waals surface area (Å²) in [5, 5.41) is 0. The average molecular weight is 254 g/mol. The Balaban J connectivity index is 2.79. The number of aryl methyl sites for hydroxylation is 4. The molecule has 0 spiro atoms. The maximum Gasteiger partial charge on any atom is 0.122 e. The summed E-state index contributed by atoms with van der Waals surface area (Å²) in [6.07, 6.45) is 0. The molecule has 0 saturated carbocycles. The maximum absolute atomic E-state index is 5.47.